The second-order valence-corrected chi connectivity index (χ2v) is 6.60. The van der Waals surface area contributed by atoms with E-state index in [1.807, 2.05) is 30.3 Å². The Morgan fingerprint density at radius 3 is 2.56 bits per heavy atom. The molecule has 2 aromatic rings. The van der Waals surface area contributed by atoms with E-state index in [2.05, 4.69) is 22.9 Å². The second-order valence-electron chi connectivity index (χ2n) is 3.51. The first-order valence-corrected chi connectivity index (χ1v) is 7.22. The predicted molar refractivity (Wildman–Crippen MR) is 76.3 cm³/mol. The zero-order valence-electron chi connectivity index (χ0n) is 8.51. The maximum Gasteiger partial charge on any atom is 0.0931 e. The van der Waals surface area contributed by atoms with Crippen molar-refractivity contribution in [2.24, 2.45) is 0 Å². The van der Waals surface area contributed by atoms with E-state index in [-0.39, 0.29) is 4.83 Å². The summed E-state index contributed by atoms with van der Waals surface area (Å²) in [5.41, 5.74) is 2.40. The van der Waals surface area contributed by atoms with Gasteiger partial charge in [-0.1, -0.05) is 45.2 Å². The maximum atomic E-state index is 6.01. The number of aryl methyl sites for hydroxylation is 1. The van der Waals surface area contributed by atoms with Crippen molar-refractivity contribution in [1.29, 1.82) is 0 Å². The third-order valence-corrected chi connectivity index (χ3v) is 5.18. The third kappa shape index (κ3) is 2.62. The highest BCUT2D eigenvalue weighted by Crippen LogP contribution is 2.38. The molecule has 0 bridgehead atoms. The molecule has 0 fully saturated rings. The highest BCUT2D eigenvalue weighted by molar-refractivity contribution is 9.09. The highest BCUT2D eigenvalue weighted by atomic mass is 79.9. The number of alkyl halides is 1. The van der Waals surface area contributed by atoms with E-state index in [4.69, 9.17) is 23.2 Å². The van der Waals surface area contributed by atoms with Crippen LogP contribution in [0.5, 0.6) is 0 Å². The number of benzene rings is 1. The summed E-state index contributed by atoms with van der Waals surface area (Å²) in [6.07, 6.45) is 0. The Hall–Kier alpha value is -0.0200. The van der Waals surface area contributed by atoms with Crippen LogP contribution in [0.25, 0.3) is 0 Å². The first-order chi connectivity index (χ1) is 7.58. The summed E-state index contributed by atoms with van der Waals surface area (Å²) in [6, 6.07) is 9.87. The molecule has 0 saturated carbocycles. The topological polar surface area (TPSA) is 0 Å². The summed E-state index contributed by atoms with van der Waals surface area (Å²) in [7, 11) is 0. The van der Waals surface area contributed by atoms with Crippen molar-refractivity contribution in [3.63, 3.8) is 0 Å². The zero-order valence-corrected chi connectivity index (χ0v) is 12.4. The molecule has 16 heavy (non-hydrogen) atoms. The molecular formula is C12H9BrCl2S. The number of hydrogen-bond acceptors (Lipinski definition) is 1. The Morgan fingerprint density at radius 1 is 1.19 bits per heavy atom. The molecule has 0 N–H and O–H groups in total. The molecule has 0 amide bonds. The van der Waals surface area contributed by atoms with Crippen molar-refractivity contribution in [3.8, 4) is 0 Å². The quantitative estimate of drug-likeness (QED) is 0.604. The molecular weight excluding hydrogens is 327 g/mol. The lowest BCUT2D eigenvalue weighted by molar-refractivity contribution is 1.18. The van der Waals surface area contributed by atoms with Crippen LogP contribution in [-0.4, -0.2) is 0 Å². The van der Waals surface area contributed by atoms with Gasteiger partial charge in [-0.3, -0.25) is 0 Å². The van der Waals surface area contributed by atoms with Gasteiger partial charge in [-0.2, -0.15) is 0 Å². The van der Waals surface area contributed by atoms with E-state index in [1.165, 1.54) is 16.0 Å². The van der Waals surface area contributed by atoms with Crippen LogP contribution in [-0.2, 0) is 0 Å². The van der Waals surface area contributed by atoms with Crippen LogP contribution >= 0.6 is 50.5 Å². The van der Waals surface area contributed by atoms with Gasteiger partial charge in [0.25, 0.3) is 0 Å². The minimum atomic E-state index is 0.156. The lowest BCUT2D eigenvalue weighted by Crippen LogP contribution is -1.93. The SMILES string of the molecule is Cc1ccc(Cl)cc1C(Br)c1ccc(Cl)s1. The minimum Gasteiger partial charge on any atom is -0.127 e. The van der Waals surface area contributed by atoms with Crippen molar-refractivity contribution >= 4 is 50.5 Å². The van der Waals surface area contributed by atoms with Crippen LogP contribution in [0.4, 0.5) is 0 Å². The third-order valence-electron chi connectivity index (χ3n) is 2.36. The highest BCUT2D eigenvalue weighted by Gasteiger charge is 2.15. The van der Waals surface area contributed by atoms with Crippen molar-refractivity contribution in [2.45, 2.75) is 11.8 Å². The lowest BCUT2D eigenvalue weighted by atomic mass is 10.1. The molecule has 1 unspecified atom stereocenters. The fourth-order valence-electron chi connectivity index (χ4n) is 1.50. The predicted octanol–water partition coefficient (Wildman–Crippen LogP) is 5.85. The van der Waals surface area contributed by atoms with Crippen molar-refractivity contribution < 1.29 is 0 Å². The van der Waals surface area contributed by atoms with Gasteiger partial charge >= 0.3 is 0 Å². The van der Waals surface area contributed by atoms with Gasteiger partial charge in [0, 0.05) is 9.90 Å². The summed E-state index contributed by atoms with van der Waals surface area (Å²) in [5.74, 6) is 0. The average molecular weight is 336 g/mol. The van der Waals surface area contributed by atoms with Gasteiger partial charge in [0.2, 0.25) is 0 Å². The molecule has 84 valence electrons. The fraction of sp³-hybridized carbons (Fsp3) is 0.167. The molecule has 0 aliphatic carbocycles. The molecule has 1 atom stereocenters. The molecule has 1 heterocycles. The summed E-state index contributed by atoms with van der Waals surface area (Å²) in [6.45, 7) is 2.08. The number of rotatable bonds is 2. The van der Waals surface area contributed by atoms with Crippen molar-refractivity contribution in [1.82, 2.24) is 0 Å². The Balaban J connectivity index is 2.40. The van der Waals surface area contributed by atoms with Crippen molar-refractivity contribution in [3.05, 3.63) is 55.7 Å². The summed E-state index contributed by atoms with van der Waals surface area (Å²) in [4.78, 5) is 1.35. The molecule has 1 aromatic heterocycles. The number of thiophene rings is 1. The lowest BCUT2D eigenvalue weighted by Gasteiger charge is -2.11. The number of hydrogen-bond donors (Lipinski definition) is 0. The molecule has 0 aliphatic heterocycles. The summed E-state index contributed by atoms with van der Waals surface area (Å²) < 4.78 is 0.805. The van der Waals surface area contributed by atoms with Crippen LogP contribution in [0.15, 0.2) is 30.3 Å². The van der Waals surface area contributed by atoms with Crippen LogP contribution in [0.3, 0.4) is 0 Å². The van der Waals surface area contributed by atoms with E-state index in [0.717, 1.165) is 9.36 Å². The van der Waals surface area contributed by atoms with Crippen LogP contribution in [0.2, 0.25) is 9.36 Å². The molecule has 0 spiro atoms. The Morgan fingerprint density at radius 2 is 1.94 bits per heavy atom. The molecule has 0 nitrogen and oxygen atoms in total. The fourth-order valence-corrected chi connectivity index (χ4v) is 3.67. The summed E-state index contributed by atoms with van der Waals surface area (Å²) >= 11 is 17.2. The van der Waals surface area contributed by atoms with Gasteiger partial charge in [0.1, 0.15) is 0 Å². The Kier molecular flexibility index (Phi) is 3.96. The first-order valence-electron chi connectivity index (χ1n) is 4.73. The molecule has 0 radical (unpaired) electrons. The first kappa shape index (κ1) is 12.4. The van der Waals surface area contributed by atoms with Crippen molar-refractivity contribution in [2.75, 3.05) is 0 Å². The van der Waals surface area contributed by atoms with Gasteiger partial charge in [0.05, 0.1) is 9.16 Å². The van der Waals surface area contributed by atoms with Crippen LogP contribution < -0.4 is 0 Å². The van der Waals surface area contributed by atoms with Gasteiger partial charge in [0.15, 0.2) is 0 Å². The van der Waals surface area contributed by atoms with Crippen LogP contribution in [0, 0.1) is 6.92 Å². The zero-order chi connectivity index (χ0) is 11.7. The molecule has 1 aromatic carbocycles. The average Bonchev–Trinajstić information content (AvgIpc) is 2.67. The van der Waals surface area contributed by atoms with E-state index in [1.54, 1.807) is 11.3 Å². The van der Waals surface area contributed by atoms with Gasteiger partial charge in [-0.05, 0) is 42.3 Å². The van der Waals surface area contributed by atoms with Gasteiger partial charge in [-0.15, -0.1) is 11.3 Å². The minimum absolute atomic E-state index is 0.156. The maximum absolute atomic E-state index is 6.01. The van der Waals surface area contributed by atoms with E-state index < -0.39 is 0 Å². The Bertz CT molecular complexity index is 507. The van der Waals surface area contributed by atoms with Gasteiger partial charge < -0.3 is 0 Å². The molecule has 4 heteroatoms. The smallest absolute Gasteiger partial charge is 0.0931 e. The summed E-state index contributed by atoms with van der Waals surface area (Å²) in [5, 5.41) is 0.757. The van der Waals surface area contributed by atoms with Crippen LogP contribution in [0.1, 0.15) is 20.8 Å². The number of halogens is 3. The standard InChI is InChI=1S/C12H9BrCl2S/c1-7-2-3-8(14)6-9(7)12(13)10-4-5-11(15)16-10/h2-6,12H,1H3. The molecule has 2 rings (SSSR count). The monoisotopic (exact) mass is 334 g/mol. The Labute approximate surface area is 117 Å². The van der Waals surface area contributed by atoms with E-state index in [9.17, 15) is 0 Å². The molecule has 0 saturated heterocycles. The van der Waals surface area contributed by atoms with E-state index >= 15 is 0 Å². The largest absolute Gasteiger partial charge is 0.127 e. The normalized spacial score (nSPS) is 12.8. The second kappa shape index (κ2) is 5.09. The van der Waals surface area contributed by atoms with E-state index in [0.29, 0.717) is 0 Å². The molecule has 0 aliphatic rings. The van der Waals surface area contributed by atoms with Gasteiger partial charge in [-0.25, -0.2) is 0 Å².